The van der Waals surface area contributed by atoms with E-state index in [1.165, 1.54) is 12.7 Å². The molecule has 3 heteroatoms. The van der Waals surface area contributed by atoms with Crippen molar-refractivity contribution in [3.8, 4) is 0 Å². The second kappa shape index (κ2) is 8.35. The van der Waals surface area contributed by atoms with Crippen molar-refractivity contribution in [3.05, 3.63) is 113 Å². The van der Waals surface area contributed by atoms with Gasteiger partial charge in [-0.3, -0.25) is 0 Å². The Kier molecular flexibility index (Phi) is 5.24. The molecule has 158 valence electrons. The first-order chi connectivity index (χ1) is 15.7. The summed E-state index contributed by atoms with van der Waals surface area (Å²) in [4.78, 5) is 16.6. The second-order valence-corrected chi connectivity index (χ2v) is 8.25. The normalized spacial score (nSPS) is 15.9. The number of rotatable bonds is 4. The summed E-state index contributed by atoms with van der Waals surface area (Å²) in [7, 11) is 1.45. The Morgan fingerprint density at radius 1 is 1.00 bits per heavy atom. The summed E-state index contributed by atoms with van der Waals surface area (Å²) < 4.78 is 5.25. The molecule has 1 aliphatic rings. The lowest BCUT2D eigenvalue weighted by atomic mass is 9.78. The van der Waals surface area contributed by atoms with Gasteiger partial charge >= 0.3 is 5.97 Å². The standard InChI is InChI=1S/C29H25NO2/c1-19-13-16-25-24(17-19)26-22(15-14-20-9-5-3-6-10-20)18-23(21-11-7-4-8-12-21)27(28(26)30-25)29(31)32-2/h3-17,22,30H,18H2,1-2H3/b15-14+. The summed E-state index contributed by atoms with van der Waals surface area (Å²) >= 11 is 0. The highest BCUT2D eigenvalue weighted by molar-refractivity contribution is 6.26. The van der Waals surface area contributed by atoms with Crippen LogP contribution in [0.1, 0.15) is 40.3 Å². The van der Waals surface area contributed by atoms with Crippen LogP contribution in [0.3, 0.4) is 0 Å². The van der Waals surface area contributed by atoms with Crippen molar-refractivity contribution in [2.24, 2.45) is 0 Å². The van der Waals surface area contributed by atoms with E-state index in [4.69, 9.17) is 4.74 Å². The van der Waals surface area contributed by atoms with E-state index < -0.39 is 0 Å². The number of H-pyrrole nitrogens is 1. The Labute approximate surface area is 188 Å². The molecule has 0 saturated heterocycles. The number of aryl methyl sites for hydroxylation is 1. The first-order valence-corrected chi connectivity index (χ1v) is 10.9. The van der Waals surface area contributed by atoms with E-state index >= 15 is 0 Å². The fraction of sp³-hybridized carbons (Fsp3) is 0.138. The van der Waals surface area contributed by atoms with Crippen LogP contribution in [0.4, 0.5) is 0 Å². The number of allylic oxidation sites excluding steroid dienone is 2. The minimum Gasteiger partial charge on any atom is -0.465 e. The molecule has 1 N–H and O–H groups in total. The lowest BCUT2D eigenvalue weighted by molar-refractivity contribution is -0.133. The van der Waals surface area contributed by atoms with E-state index in [-0.39, 0.29) is 11.9 Å². The Hall–Kier alpha value is -3.85. The largest absolute Gasteiger partial charge is 0.465 e. The molecule has 1 unspecified atom stereocenters. The van der Waals surface area contributed by atoms with Crippen molar-refractivity contribution >= 4 is 34.1 Å². The number of esters is 1. The maximum Gasteiger partial charge on any atom is 0.340 e. The molecule has 4 aromatic rings. The number of nitrogens with one attached hydrogen (secondary N) is 1. The predicted molar refractivity (Wildman–Crippen MR) is 131 cm³/mol. The van der Waals surface area contributed by atoms with Gasteiger partial charge in [0.25, 0.3) is 0 Å². The summed E-state index contributed by atoms with van der Waals surface area (Å²) in [5.74, 6) is -0.178. The van der Waals surface area contributed by atoms with E-state index in [9.17, 15) is 4.79 Å². The van der Waals surface area contributed by atoms with Gasteiger partial charge in [0, 0.05) is 16.8 Å². The Morgan fingerprint density at radius 3 is 2.44 bits per heavy atom. The molecule has 0 spiro atoms. The third-order valence-corrected chi connectivity index (χ3v) is 6.17. The number of methoxy groups -OCH3 is 1. The zero-order valence-electron chi connectivity index (χ0n) is 18.3. The maximum atomic E-state index is 13.0. The molecule has 0 amide bonds. The Balaban J connectivity index is 1.76. The van der Waals surface area contributed by atoms with Crippen LogP contribution in [0.15, 0.2) is 84.9 Å². The van der Waals surface area contributed by atoms with Crippen LogP contribution in [-0.2, 0) is 9.53 Å². The highest BCUT2D eigenvalue weighted by Gasteiger charge is 2.33. The molecule has 1 atom stereocenters. The fourth-order valence-electron chi connectivity index (χ4n) is 4.67. The molecule has 0 aliphatic heterocycles. The van der Waals surface area contributed by atoms with Crippen LogP contribution in [0.25, 0.3) is 28.1 Å². The maximum absolute atomic E-state index is 13.0. The molecule has 0 radical (unpaired) electrons. The van der Waals surface area contributed by atoms with Gasteiger partial charge in [0.05, 0.1) is 18.4 Å². The molecule has 32 heavy (non-hydrogen) atoms. The number of fused-ring (bicyclic) bond motifs is 3. The van der Waals surface area contributed by atoms with Gasteiger partial charge in [-0.1, -0.05) is 84.4 Å². The Morgan fingerprint density at radius 2 is 1.72 bits per heavy atom. The number of carbonyl (C=O) groups excluding carboxylic acids is 1. The topological polar surface area (TPSA) is 42.1 Å². The zero-order chi connectivity index (χ0) is 22.1. The van der Waals surface area contributed by atoms with Crippen LogP contribution < -0.4 is 0 Å². The quantitative estimate of drug-likeness (QED) is 0.371. The van der Waals surface area contributed by atoms with Gasteiger partial charge in [-0.2, -0.15) is 0 Å². The minimum absolute atomic E-state index is 0.129. The van der Waals surface area contributed by atoms with E-state index in [0.717, 1.165) is 45.3 Å². The number of carbonyl (C=O) groups is 1. The highest BCUT2D eigenvalue weighted by Crippen LogP contribution is 2.47. The summed E-state index contributed by atoms with van der Waals surface area (Å²) in [5.41, 5.74) is 8.11. The van der Waals surface area contributed by atoms with Crippen molar-refractivity contribution < 1.29 is 9.53 Å². The van der Waals surface area contributed by atoms with Crippen LogP contribution in [0.2, 0.25) is 0 Å². The minimum atomic E-state index is -0.307. The lowest BCUT2D eigenvalue weighted by Gasteiger charge is -2.26. The third-order valence-electron chi connectivity index (χ3n) is 6.17. The van der Waals surface area contributed by atoms with Gasteiger partial charge < -0.3 is 9.72 Å². The van der Waals surface area contributed by atoms with Crippen LogP contribution in [0.5, 0.6) is 0 Å². The molecule has 0 fully saturated rings. The summed E-state index contributed by atoms with van der Waals surface area (Å²) in [5, 5.41) is 1.16. The molecule has 1 aromatic heterocycles. The van der Waals surface area contributed by atoms with Gasteiger partial charge in [0.1, 0.15) is 0 Å². The molecule has 0 bridgehead atoms. The first kappa shape index (κ1) is 20.1. The number of hydrogen-bond donors (Lipinski definition) is 1. The molecular formula is C29H25NO2. The number of benzene rings is 3. The SMILES string of the molecule is COC(=O)C1=C(c2ccccc2)CC(/C=C/c2ccccc2)c2c1[nH]c1ccc(C)cc21. The first-order valence-electron chi connectivity index (χ1n) is 10.9. The average Bonchev–Trinajstić information content (AvgIpc) is 3.21. The summed E-state index contributed by atoms with van der Waals surface area (Å²) in [6, 6.07) is 26.9. The van der Waals surface area contributed by atoms with Crippen LogP contribution >= 0.6 is 0 Å². The van der Waals surface area contributed by atoms with Crippen molar-refractivity contribution in [2.75, 3.05) is 7.11 Å². The number of aromatic nitrogens is 1. The van der Waals surface area contributed by atoms with Crippen molar-refractivity contribution in [1.82, 2.24) is 4.98 Å². The third kappa shape index (κ3) is 3.56. The van der Waals surface area contributed by atoms with Crippen molar-refractivity contribution in [1.29, 1.82) is 0 Å². The van der Waals surface area contributed by atoms with Crippen LogP contribution in [-0.4, -0.2) is 18.1 Å². The summed E-state index contributed by atoms with van der Waals surface area (Å²) in [6.45, 7) is 2.10. The highest BCUT2D eigenvalue weighted by atomic mass is 16.5. The van der Waals surface area contributed by atoms with Crippen molar-refractivity contribution in [3.63, 3.8) is 0 Å². The number of ether oxygens (including phenoxy) is 1. The second-order valence-electron chi connectivity index (χ2n) is 8.25. The van der Waals surface area contributed by atoms with Gasteiger partial charge in [-0.15, -0.1) is 0 Å². The molecule has 1 heterocycles. The smallest absolute Gasteiger partial charge is 0.340 e. The molecule has 3 nitrogen and oxygen atoms in total. The molecule has 0 saturated carbocycles. The monoisotopic (exact) mass is 419 g/mol. The van der Waals surface area contributed by atoms with Gasteiger partial charge in [-0.25, -0.2) is 4.79 Å². The predicted octanol–water partition coefficient (Wildman–Crippen LogP) is 6.76. The molecular weight excluding hydrogens is 394 g/mol. The fourth-order valence-corrected chi connectivity index (χ4v) is 4.67. The van der Waals surface area contributed by atoms with Crippen LogP contribution in [0, 0.1) is 6.92 Å². The van der Waals surface area contributed by atoms with E-state index in [2.05, 4.69) is 66.5 Å². The lowest BCUT2D eigenvalue weighted by Crippen LogP contribution is -2.15. The molecule has 3 aromatic carbocycles. The van der Waals surface area contributed by atoms with Crippen molar-refractivity contribution in [2.45, 2.75) is 19.3 Å². The average molecular weight is 420 g/mol. The molecule has 1 aliphatic carbocycles. The van der Waals surface area contributed by atoms with E-state index in [1.54, 1.807) is 0 Å². The van der Waals surface area contributed by atoms with Gasteiger partial charge in [-0.05, 0) is 47.7 Å². The number of aromatic amines is 1. The zero-order valence-corrected chi connectivity index (χ0v) is 18.3. The Bertz CT molecular complexity index is 1340. The van der Waals surface area contributed by atoms with Gasteiger partial charge in [0.15, 0.2) is 0 Å². The molecule has 5 rings (SSSR count). The summed E-state index contributed by atoms with van der Waals surface area (Å²) in [6.07, 6.45) is 5.17. The number of hydrogen-bond acceptors (Lipinski definition) is 2. The van der Waals surface area contributed by atoms with E-state index in [1.807, 2.05) is 36.4 Å². The van der Waals surface area contributed by atoms with E-state index in [0.29, 0.717) is 5.57 Å². The van der Waals surface area contributed by atoms with Gasteiger partial charge in [0.2, 0.25) is 0 Å².